The van der Waals surface area contributed by atoms with Crippen LogP contribution >= 0.6 is 0 Å². The molecule has 5 nitrogen and oxygen atoms in total. The van der Waals surface area contributed by atoms with Crippen molar-refractivity contribution >= 4 is 5.97 Å². The number of hydrogen-bond acceptors (Lipinski definition) is 5. The molecule has 0 amide bonds. The van der Waals surface area contributed by atoms with Crippen molar-refractivity contribution in [3.05, 3.63) is 36.9 Å². The van der Waals surface area contributed by atoms with Crippen LogP contribution in [0.4, 0.5) is 0 Å². The maximum Gasteiger partial charge on any atom is 0.330 e. The van der Waals surface area contributed by atoms with E-state index in [1.54, 1.807) is 7.11 Å². The molecule has 0 aromatic heterocycles. The Bertz CT molecular complexity index is 427. The molecule has 0 fully saturated rings. The Hall–Kier alpha value is -2.01. The van der Waals surface area contributed by atoms with Crippen LogP contribution in [0.15, 0.2) is 36.9 Å². The van der Waals surface area contributed by atoms with Crippen molar-refractivity contribution in [1.82, 2.24) is 0 Å². The monoisotopic (exact) mass is 308 g/mol. The highest BCUT2D eigenvalue weighted by Gasteiger charge is 1.98. The minimum atomic E-state index is -0.360. The Morgan fingerprint density at radius 2 is 1.59 bits per heavy atom. The zero-order valence-corrected chi connectivity index (χ0v) is 13.1. The number of esters is 1. The van der Waals surface area contributed by atoms with Crippen molar-refractivity contribution < 1.29 is 23.7 Å². The van der Waals surface area contributed by atoms with Gasteiger partial charge in [0, 0.05) is 13.2 Å². The lowest BCUT2D eigenvalue weighted by Crippen LogP contribution is -2.02. The van der Waals surface area contributed by atoms with Crippen LogP contribution in [0, 0.1) is 0 Å². The smallest absolute Gasteiger partial charge is 0.330 e. The van der Waals surface area contributed by atoms with E-state index < -0.39 is 0 Å². The Labute approximate surface area is 131 Å². The molecule has 0 heterocycles. The number of hydrogen-bond donors (Lipinski definition) is 0. The molecule has 0 aliphatic carbocycles. The number of ether oxygens (including phenoxy) is 4. The quantitative estimate of drug-likeness (QED) is 0.256. The van der Waals surface area contributed by atoms with Gasteiger partial charge in [0.15, 0.2) is 6.79 Å². The predicted octanol–water partition coefficient (Wildman–Crippen LogP) is 3.34. The minimum Gasteiger partial charge on any atom is -0.494 e. The lowest BCUT2D eigenvalue weighted by Gasteiger charge is -2.08. The standard InChI is InChI=1S/C17H24O5/c1-3-17(18)21-13-7-5-4-6-12-20-15-8-10-16(11-9-15)22-14-19-2/h3,8-11H,1,4-7,12-14H2,2H3. The van der Waals surface area contributed by atoms with E-state index in [4.69, 9.17) is 18.9 Å². The fraction of sp³-hybridized carbons (Fsp3) is 0.471. The van der Waals surface area contributed by atoms with Crippen molar-refractivity contribution in [1.29, 1.82) is 0 Å². The minimum absolute atomic E-state index is 0.238. The van der Waals surface area contributed by atoms with Gasteiger partial charge in [-0.3, -0.25) is 0 Å². The second-order valence-corrected chi connectivity index (χ2v) is 4.66. The molecule has 0 unspecified atom stereocenters. The molecule has 0 spiro atoms. The highest BCUT2D eigenvalue weighted by atomic mass is 16.7. The zero-order chi connectivity index (χ0) is 16.0. The molecule has 0 saturated heterocycles. The van der Waals surface area contributed by atoms with Gasteiger partial charge < -0.3 is 18.9 Å². The van der Waals surface area contributed by atoms with Gasteiger partial charge in [0.25, 0.3) is 0 Å². The van der Waals surface area contributed by atoms with Gasteiger partial charge in [0.1, 0.15) is 11.5 Å². The van der Waals surface area contributed by atoms with Gasteiger partial charge in [-0.25, -0.2) is 4.79 Å². The first kappa shape index (κ1) is 18.0. The van der Waals surface area contributed by atoms with Crippen LogP contribution in [0.1, 0.15) is 25.7 Å². The van der Waals surface area contributed by atoms with Crippen LogP contribution in [0.25, 0.3) is 0 Å². The molecular weight excluding hydrogens is 284 g/mol. The van der Waals surface area contributed by atoms with E-state index in [-0.39, 0.29) is 12.8 Å². The van der Waals surface area contributed by atoms with Crippen molar-refractivity contribution in [3.63, 3.8) is 0 Å². The molecule has 1 aromatic rings. The van der Waals surface area contributed by atoms with E-state index in [1.807, 2.05) is 24.3 Å². The van der Waals surface area contributed by atoms with Crippen molar-refractivity contribution in [2.75, 3.05) is 27.1 Å². The van der Waals surface area contributed by atoms with Crippen LogP contribution in [0.5, 0.6) is 11.5 Å². The van der Waals surface area contributed by atoms with Gasteiger partial charge >= 0.3 is 5.97 Å². The third kappa shape index (κ3) is 8.32. The average Bonchev–Trinajstić information content (AvgIpc) is 2.56. The summed E-state index contributed by atoms with van der Waals surface area (Å²) in [5, 5.41) is 0. The fourth-order valence-corrected chi connectivity index (χ4v) is 1.74. The SMILES string of the molecule is C=CC(=O)OCCCCCCOc1ccc(OCOC)cc1. The highest BCUT2D eigenvalue weighted by Crippen LogP contribution is 2.17. The first-order valence-electron chi connectivity index (χ1n) is 7.40. The molecule has 0 aliphatic rings. The molecule has 22 heavy (non-hydrogen) atoms. The molecule has 1 aromatic carbocycles. The molecule has 0 aliphatic heterocycles. The first-order valence-corrected chi connectivity index (χ1v) is 7.40. The summed E-state index contributed by atoms with van der Waals surface area (Å²) in [6.45, 7) is 4.71. The summed E-state index contributed by atoms with van der Waals surface area (Å²) in [7, 11) is 1.58. The van der Waals surface area contributed by atoms with Gasteiger partial charge in [-0.15, -0.1) is 0 Å². The third-order valence-corrected chi connectivity index (χ3v) is 2.89. The Morgan fingerprint density at radius 3 is 2.18 bits per heavy atom. The molecule has 0 bridgehead atoms. The van der Waals surface area contributed by atoms with Crippen LogP contribution in [-0.4, -0.2) is 33.1 Å². The van der Waals surface area contributed by atoms with E-state index in [0.717, 1.165) is 37.2 Å². The number of benzene rings is 1. The van der Waals surface area contributed by atoms with Crippen LogP contribution in [0.2, 0.25) is 0 Å². The lowest BCUT2D eigenvalue weighted by molar-refractivity contribution is -0.137. The molecule has 0 N–H and O–H groups in total. The van der Waals surface area contributed by atoms with E-state index in [2.05, 4.69) is 6.58 Å². The Balaban J connectivity index is 2.02. The molecule has 5 heteroatoms. The summed E-state index contributed by atoms with van der Waals surface area (Å²) in [5.74, 6) is 1.22. The van der Waals surface area contributed by atoms with Gasteiger partial charge in [-0.05, 0) is 49.9 Å². The van der Waals surface area contributed by atoms with Crippen molar-refractivity contribution in [2.45, 2.75) is 25.7 Å². The summed E-state index contributed by atoms with van der Waals surface area (Å²) >= 11 is 0. The Morgan fingerprint density at radius 1 is 1.00 bits per heavy atom. The van der Waals surface area contributed by atoms with E-state index >= 15 is 0 Å². The van der Waals surface area contributed by atoms with Crippen LogP contribution in [-0.2, 0) is 14.3 Å². The zero-order valence-electron chi connectivity index (χ0n) is 13.1. The van der Waals surface area contributed by atoms with E-state index in [9.17, 15) is 4.79 Å². The summed E-state index contributed by atoms with van der Waals surface area (Å²) < 4.78 is 20.7. The number of carbonyl (C=O) groups excluding carboxylic acids is 1. The Kier molecular flexibility index (Phi) is 9.54. The molecule has 1 rings (SSSR count). The largest absolute Gasteiger partial charge is 0.494 e. The number of methoxy groups -OCH3 is 1. The van der Waals surface area contributed by atoms with Gasteiger partial charge in [-0.2, -0.15) is 0 Å². The summed E-state index contributed by atoms with van der Waals surface area (Å²) in [6, 6.07) is 7.45. The summed E-state index contributed by atoms with van der Waals surface area (Å²) in [4.78, 5) is 10.8. The predicted molar refractivity (Wildman–Crippen MR) is 84.1 cm³/mol. The lowest BCUT2D eigenvalue weighted by atomic mass is 10.2. The molecule has 0 radical (unpaired) electrons. The fourth-order valence-electron chi connectivity index (χ4n) is 1.74. The number of carbonyl (C=O) groups is 1. The van der Waals surface area contributed by atoms with Crippen molar-refractivity contribution in [2.24, 2.45) is 0 Å². The summed E-state index contributed by atoms with van der Waals surface area (Å²) in [6.07, 6.45) is 5.07. The van der Waals surface area contributed by atoms with E-state index in [0.29, 0.717) is 13.2 Å². The van der Waals surface area contributed by atoms with Crippen LogP contribution in [0.3, 0.4) is 0 Å². The van der Waals surface area contributed by atoms with E-state index in [1.165, 1.54) is 6.08 Å². The normalized spacial score (nSPS) is 10.0. The number of rotatable bonds is 12. The maximum atomic E-state index is 10.8. The molecule has 0 atom stereocenters. The van der Waals surface area contributed by atoms with Gasteiger partial charge in [0.2, 0.25) is 0 Å². The first-order chi connectivity index (χ1) is 10.8. The van der Waals surface area contributed by atoms with Gasteiger partial charge in [0.05, 0.1) is 13.2 Å². The highest BCUT2D eigenvalue weighted by molar-refractivity contribution is 5.81. The topological polar surface area (TPSA) is 54.0 Å². The summed E-state index contributed by atoms with van der Waals surface area (Å²) in [5.41, 5.74) is 0. The van der Waals surface area contributed by atoms with Crippen molar-refractivity contribution in [3.8, 4) is 11.5 Å². The number of unbranched alkanes of at least 4 members (excludes halogenated alkanes) is 3. The molecule has 0 saturated carbocycles. The molecule has 122 valence electrons. The second-order valence-electron chi connectivity index (χ2n) is 4.66. The van der Waals surface area contributed by atoms with Crippen LogP contribution < -0.4 is 9.47 Å². The third-order valence-electron chi connectivity index (χ3n) is 2.89. The maximum absolute atomic E-state index is 10.8. The second kappa shape index (κ2) is 11.6. The van der Waals surface area contributed by atoms with Gasteiger partial charge in [-0.1, -0.05) is 6.58 Å². The molecular formula is C17H24O5. The average molecular weight is 308 g/mol.